The monoisotopic (exact) mass is 352 g/mol. The molecular weight excluding hydrogens is 340 g/mol. The van der Waals surface area contributed by atoms with Crippen molar-refractivity contribution < 1.29 is 4.79 Å². The van der Waals surface area contributed by atoms with Crippen LogP contribution in [0.5, 0.6) is 0 Å². The number of amides is 1. The van der Waals surface area contributed by atoms with Crippen molar-refractivity contribution in [2.45, 2.75) is 19.3 Å². The Balaban J connectivity index is 1.83. The van der Waals surface area contributed by atoms with Gasteiger partial charge in [-0.1, -0.05) is 0 Å². The van der Waals surface area contributed by atoms with Crippen LogP contribution in [0, 0.1) is 0 Å². The Morgan fingerprint density at radius 1 is 1.45 bits per heavy atom. The smallest absolute Gasteiger partial charge is 0.261 e. The second kappa shape index (κ2) is 5.49. The maximum absolute atomic E-state index is 12.3. The van der Waals surface area contributed by atoms with Crippen molar-refractivity contribution in [2.24, 2.45) is 0 Å². The van der Waals surface area contributed by atoms with Crippen molar-refractivity contribution >= 4 is 44.1 Å². The summed E-state index contributed by atoms with van der Waals surface area (Å²) < 4.78 is 0.767. The molecule has 0 unspecified atom stereocenters. The Labute approximate surface area is 129 Å². The van der Waals surface area contributed by atoms with Gasteiger partial charge in [0.2, 0.25) is 0 Å². The molecule has 2 aromatic heterocycles. The van der Waals surface area contributed by atoms with Gasteiger partial charge in [-0.25, -0.2) is 9.97 Å². The number of aromatic nitrogens is 2. The Kier molecular flexibility index (Phi) is 3.71. The van der Waals surface area contributed by atoms with E-state index in [1.165, 1.54) is 11.3 Å². The van der Waals surface area contributed by atoms with E-state index in [1.54, 1.807) is 30.6 Å². The second-order valence-electron chi connectivity index (χ2n) is 4.50. The maximum atomic E-state index is 12.3. The second-order valence-corrected chi connectivity index (χ2v) is 6.50. The summed E-state index contributed by atoms with van der Waals surface area (Å²) in [7, 11) is 1.74. The minimum atomic E-state index is -0.199. The first kappa shape index (κ1) is 13.5. The van der Waals surface area contributed by atoms with Gasteiger partial charge >= 0.3 is 0 Å². The van der Waals surface area contributed by atoms with E-state index in [4.69, 9.17) is 0 Å². The molecule has 104 valence electrons. The van der Waals surface area contributed by atoms with Crippen molar-refractivity contribution in [3.05, 3.63) is 32.9 Å². The van der Waals surface area contributed by atoms with E-state index in [0.29, 0.717) is 16.5 Å². The Morgan fingerprint density at radius 3 is 3.05 bits per heavy atom. The molecule has 2 heterocycles. The zero-order valence-corrected chi connectivity index (χ0v) is 13.3. The molecule has 2 N–H and O–H groups in total. The number of nitrogens with zero attached hydrogens (tertiary/aromatic N) is 2. The van der Waals surface area contributed by atoms with Gasteiger partial charge < -0.3 is 5.32 Å². The molecule has 0 atom stereocenters. The number of pyridine rings is 1. The van der Waals surface area contributed by atoms with E-state index in [1.807, 2.05) is 0 Å². The van der Waals surface area contributed by atoms with Crippen LogP contribution in [0.1, 0.15) is 27.3 Å². The molecule has 0 fully saturated rings. The first-order chi connectivity index (χ1) is 9.67. The lowest BCUT2D eigenvalue weighted by Gasteiger charge is -2.07. The van der Waals surface area contributed by atoms with E-state index in [0.717, 1.165) is 23.0 Å². The van der Waals surface area contributed by atoms with Crippen LogP contribution < -0.4 is 10.6 Å². The first-order valence-electron chi connectivity index (χ1n) is 6.30. The van der Waals surface area contributed by atoms with Crippen LogP contribution in [-0.4, -0.2) is 22.9 Å². The summed E-state index contributed by atoms with van der Waals surface area (Å²) in [5, 5.41) is 6.44. The number of hydrogen-bond donors (Lipinski definition) is 2. The van der Waals surface area contributed by atoms with Gasteiger partial charge in [-0.15, -0.1) is 11.3 Å². The van der Waals surface area contributed by atoms with Crippen LogP contribution in [0.25, 0.3) is 0 Å². The van der Waals surface area contributed by atoms with Gasteiger partial charge in [0.15, 0.2) is 5.13 Å². The molecule has 20 heavy (non-hydrogen) atoms. The fourth-order valence-electron chi connectivity index (χ4n) is 2.22. The van der Waals surface area contributed by atoms with E-state index in [9.17, 15) is 4.79 Å². The number of rotatable bonds is 3. The fraction of sp³-hybridized carbons (Fsp3) is 0.308. The highest BCUT2D eigenvalue weighted by Crippen LogP contribution is 2.31. The average molecular weight is 353 g/mol. The van der Waals surface area contributed by atoms with Crippen molar-refractivity contribution in [1.82, 2.24) is 9.97 Å². The molecule has 0 aromatic carbocycles. The van der Waals surface area contributed by atoms with Gasteiger partial charge in [-0.3, -0.25) is 10.1 Å². The number of nitrogens with one attached hydrogen (secondary N) is 2. The van der Waals surface area contributed by atoms with Crippen LogP contribution >= 0.6 is 27.3 Å². The summed E-state index contributed by atoms with van der Waals surface area (Å²) in [6.07, 6.45) is 4.91. The van der Waals surface area contributed by atoms with E-state index >= 15 is 0 Å². The maximum Gasteiger partial charge on any atom is 0.261 e. The highest BCUT2D eigenvalue weighted by molar-refractivity contribution is 9.10. The lowest BCUT2D eigenvalue weighted by Crippen LogP contribution is -2.14. The third kappa shape index (κ3) is 2.55. The highest BCUT2D eigenvalue weighted by Gasteiger charge is 2.19. The van der Waals surface area contributed by atoms with Gasteiger partial charge in [0, 0.05) is 22.6 Å². The van der Waals surface area contributed by atoms with Crippen LogP contribution in [0.3, 0.4) is 0 Å². The zero-order valence-electron chi connectivity index (χ0n) is 10.9. The topological polar surface area (TPSA) is 66.9 Å². The van der Waals surface area contributed by atoms with Crippen LogP contribution in [0.15, 0.2) is 16.7 Å². The molecule has 7 heteroatoms. The third-order valence-electron chi connectivity index (χ3n) is 3.15. The number of halogens is 1. The summed E-state index contributed by atoms with van der Waals surface area (Å²) in [4.78, 5) is 22.3. The molecule has 5 nitrogen and oxygen atoms in total. The number of hydrogen-bond acceptors (Lipinski definition) is 5. The van der Waals surface area contributed by atoms with Crippen LogP contribution in [-0.2, 0) is 12.8 Å². The number of aryl methyl sites for hydroxylation is 2. The van der Waals surface area contributed by atoms with Crippen molar-refractivity contribution in [2.75, 3.05) is 17.7 Å². The van der Waals surface area contributed by atoms with E-state index < -0.39 is 0 Å². The largest absolute Gasteiger partial charge is 0.372 e. The molecular formula is C13H13BrN4OS. The predicted octanol–water partition coefficient (Wildman–Crippen LogP) is 3.08. The molecule has 1 aliphatic rings. The van der Waals surface area contributed by atoms with Crippen molar-refractivity contribution in [3.63, 3.8) is 0 Å². The molecule has 1 amide bonds. The fourth-order valence-corrected chi connectivity index (χ4v) is 3.60. The molecule has 1 aliphatic carbocycles. The Morgan fingerprint density at radius 2 is 2.30 bits per heavy atom. The van der Waals surface area contributed by atoms with Crippen molar-refractivity contribution in [3.8, 4) is 0 Å². The third-order valence-corrected chi connectivity index (χ3v) is 4.66. The minimum absolute atomic E-state index is 0.199. The standard InChI is InChI=1S/C13H13BrN4OS/c1-15-11-8(5-7(14)6-16-11)12(19)18-13-17-9-3-2-4-10(9)20-13/h5-6H,2-4H2,1H3,(H,15,16)(H,17,18,19). The lowest BCUT2D eigenvalue weighted by atomic mass is 10.2. The minimum Gasteiger partial charge on any atom is -0.372 e. The SMILES string of the molecule is CNc1ncc(Br)cc1C(=O)Nc1nc2c(s1)CCC2. The molecule has 3 rings (SSSR count). The lowest BCUT2D eigenvalue weighted by molar-refractivity contribution is 0.102. The number of carbonyl (C=O) groups excluding carboxylic acids is 1. The van der Waals surface area contributed by atoms with Gasteiger partial charge in [0.05, 0.1) is 11.3 Å². The van der Waals surface area contributed by atoms with Crippen LogP contribution in [0.2, 0.25) is 0 Å². The zero-order chi connectivity index (χ0) is 14.1. The number of thiazole rings is 1. The van der Waals surface area contributed by atoms with Crippen LogP contribution in [0.4, 0.5) is 10.9 Å². The first-order valence-corrected chi connectivity index (χ1v) is 7.91. The summed E-state index contributed by atoms with van der Waals surface area (Å²) in [5.41, 5.74) is 1.63. The molecule has 0 saturated carbocycles. The van der Waals surface area contributed by atoms with E-state index in [2.05, 4.69) is 36.5 Å². The highest BCUT2D eigenvalue weighted by atomic mass is 79.9. The molecule has 0 saturated heterocycles. The number of anilines is 2. The number of carbonyl (C=O) groups is 1. The van der Waals surface area contributed by atoms with E-state index in [-0.39, 0.29) is 5.91 Å². The predicted molar refractivity (Wildman–Crippen MR) is 83.6 cm³/mol. The summed E-state index contributed by atoms with van der Waals surface area (Å²) in [6.45, 7) is 0. The normalized spacial score (nSPS) is 13.1. The van der Waals surface area contributed by atoms with Gasteiger partial charge in [-0.2, -0.15) is 0 Å². The summed E-state index contributed by atoms with van der Waals surface area (Å²) in [6, 6.07) is 1.75. The summed E-state index contributed by atoms with van der Waals surface area (Å²) >= 11 is 4.90. The summed E-state index contributed by atoms with van der Waals surface area (Å²) in [5.74, 6) is 0.352. The van der Waals surface area contributed by atoms with Crippen molar-refractivity contribution in [1.29, 1.82) is 0 Å². The molecule has 0 radical (unpaired) electrons. The Hall–Kier alpha value is -1.47. The van der Waals surface area contributed by atoms with Gasteiger partial charge in [0.1, 0.15) is 5.82 Å². The van der Waals surface area contributed by atoms with Gasteiger partial charge in [0.25, 0.3) is 5.91 Å². The van der Waals surface area contributed by atoms with Gasteiger partial charge in [-0.05, 0) is 41.3 Å². The molecule has 2 aromatic rings. The average Bonchev–Trinajstić information content (AvgIpc) is 2.99. The number of fused-ring (bicyclic) bond motifs is 1. The molecule has 0 aliphatic heterocycles. The quantitative estimate of drug-likeness (QED) is 0.890. The molecule has 0 spiro atoms. The molecule has 0 bridgehead atoms. The Bertz CT molecular complexity index is 649.